The van der Waals surface area contributed by atoms with Crippen LogP contribution in [0.3, 0.4) is 0 Å². The van der Waals surface area contributed by atoms with Gasteiger partial charge in [-0.2, -0.15) is 0 Å². The van der Waals surface area contributed by atoms with Gasteiger partial charge in [0.25, 0.3) is 0 Å². The Morgan fingerprint density at radius 3 is 2.56 bits per heavy atom. The van der Waals surface area contributed by atoms with Gasteiger partial charge < -0.3 is 20.9 Å². The predicted molar refractivity (Wildman–Crippen MR) is 59.7 cm³/mol. The van der Waals surface area contributed by atoms with Crippen molar-refractivity contribution in [1.29, 1.82) is 0 Å². The van der Waals surface area contributed by atoms with Crippen LogP contribution in [0.25, 0.3) is 0 Å². The van der Waals surface area contributed by atoms with Crippen LogP contribution >= 0.6 is 0 Å². The van der Waals surface area contributed by atoms with Gasteiger partial charge in [0.05, 0.1) is 6.61 Å². The van der Waals surface area contributed by atoms with Crippen molar-refractivity contribution in [3.63, 3.8) is 0 Å². The van der Waals surface area contributed by atoms with Gasteiger partial charge in [0.15, 0.2) is 11.5 Å². The zero-order valence-electron chi connectivity index (χ0n) is 8.97. The third-order valence-corrected chi connectivity index (χ3v) is 1.77. The van der Waals surface area contributed by atoms with E-state index in [1.807, 2.05) is 6.92 Å². The Bertz CT molecular complexity index is 402. The molecule has 0 aliphatic rings. The van der Waals surface area contributed by atoms with Crippen molar-refractivity contribution in [3.8, 4) is 11.5 Å². The fourth-order valence-corrected chi connectivity index (χ4v) is 1.04. The Labute approximate surface area is 93.6 Å². The lowest BCUT2D eigenvalue weighted by Crippen LogP contribution is -2.19. The summed E-state index contributed by atoms with van der Waals surface area (Å²) in [6.45, 7) is 2.32. The summed E-state index contributed by atoms with van der Waals surface area (Å²) in [6.07, 6.45) is 0.992. The highest BCUT2D eigenvalue weighted by Crippen LogP contribution is 2.26. The molecule has 0 radical (unpaired) electrons. The first-order chi connectivity index (χ1) is 7.69. The number of esters is 1. The van der Waals surface area contributed by atoms with Crippen molar-refractivity contribution in [1.82, 2.24) is 0 Å². The summed E-state index contributed by atoms with van der Waals surface area (Å²) in [5.41, 5.74) is 10.3. The van der Waals surface area contributed by atoms with Crippen LogP contribution in [0.1, 0.15) is 6.92 Å². The summed E-state index contributed by atoms with van der Waals surface area (Å²) in [4.78, 5) is 11.3. The second kappa shape index (κ2) is 5.65. The molecule has 4 N–H and O–H groups in total. The van der Waals surface area contributed by atoms with Crippen molar-refractivity contribution in [3.05, 3.63) is 36.2 Å². The minimum Gasteiger partial charge on any atom is -0.490 e. The van der Waals surface area contributed by atoms with Crippen LogP contribution in [-0.2, 0) is 4.79 Å². The van der Waals surface area contributed by atoms with Crippen molar-refractivity contribution in [2.75, 3.05) is 6.61 Å². The van der Waals surface area contributed by atoms with Crippen LogP contribution in [0.2, 0.25) is 0 Å². The summed E-state index contributed by atoms with van der Waals surface area (Å²) in [7, 11) is 0. The summed E-state index contributed by atoms with van der Waals surface area (Å²) >= 11 is 0. The highest BCUT2D eigenvalue weighted by Gasteiger charge is 2.11. The molecule has 1 aromatic carbocycles. The van der Waals surface area contributed by atoms with E-state index >= 15 is 0 Å². The van der Waals surface area contributed by atoms with Gasteiger partial charge in [-0.15, -0.1) is 0 Å². The molecule has 0 atom stereocenters. The van der Waals surface area contributed by atoms with E-state index in [0.717, 1.165) is 6.20 Å². The van der Waals surface area contributed by atoms with Gasteiger partial charge in [-0.05, 0) is 19.1 Å². The lowest BCUT2D eigenvalue weighted by Gasteiger charge is -2.09. The molecule has 0 fully saturated rings. The lowest BCUT2D eigenvalue weighted by molar-refractivity contribution is -0.130. The maximum atomic E-state index is 11.3. The second-order valence-electron chi connectivity index (χ2n) is 2.89. The van der Waals surface area contributed by atoms with Crippen LogP contribution in [0.15, 0.2) is 36.2 Å². The Balaban J connectivity index is 2.84. The van der Waals surface area contributed by atoms with Crippen molar-refractivity contribution in [2.45, 2.75) is 6.92 Å². The smallest absolute Gasteiger partial charge is 0.361 e. The molecule has 1 aromatic rings. The molecule has 0 amide bonds. The number of nitrogens with two attached hydrogens (primary N) is 2. The van der Waals surface area contributed by atoms with E-state index in [0.29, 0.717) is 18.1 Å². The number of para-hydroxylation sites is 2. The number of hydrogen-bond acceptors (Lipinski definition) is 5. The van der Waals surface area contributed by atoms with E-state index in [9.17, 15) is 4.79 Å². The molecule has 0 heterocycles. The average Bonchev–Trinajstić information content (AvgIpc) is 2.31. The summed E-state index contributed by atoms with van der Waals surface area (Å²) in [5, 5.41) is 0. The van der Waals surface area contributed by atoms with E-state index in [-0.39, 0.29) is 5.70 Å². The molecule has 0 aliphatic heterocycles. The molecule has 0 saturated carbocycles. The molecule has 0 aliphatic carbocycles. The SMILES string of the molecule is CCOc1ccccc1OC(=O)/C(N)=C/N. The molecule has 16 heavy (non-hydrogen) atoms. The average molecular weight is 222 g/mol. The maximum absolute atomic E-state index is 11.3. The second-order valence-corrected chi connectivity index (χ2v) is 2.89. The van der Waals surface area contributed by atoms with E-state index in [1.54, 1.807) is 24.3 Å². The third kappa shape index (κ3) is 2.91. The van der Waals surface area contributed by atoms with Gasteiger partial charge in [-0.1, -0.05) is 12.1 Å². The number of hydrogen-bond donors (Lipinski definition) is 2. The Morgan fingerprint density at radius 1 is 1.38 bits per heavy atom. The Hall–Kier alpha value is -2.17. The molecule has 5 nitrogen and oxygen atoms in total. The van der Waals surface area contributed by atoms with Crippen molar-refractivity contribution < 1.29 is 14.3 Å². The highest BCUT2D eigenvalue weighted by atomic mass is 16.6. The summed E-state index contributed by atoms with van der Waals surface area (Å²) < 4.78 is 10.3. The van der Waals surface area contributed by atoms with Gasteiger partial charge in [0.1, 0.15) is 5.70 Å². The van der Waals surface area contributed by atoms with Crippen LogP contribution in [0, 0.1) is 0 Å². The van der Waals surface area contributed by atoms with Crippen molar-refractivity contribution in [2.24, 2.45) is 11.5 Å². The molecular formula is C11H14N2O3. The summed E-state index contributed by atoms with van der Waals surface area (Å²) in [6, 6.07) is 6.83. The maximum Gasteiger partial charge on any atom is 0.361 e. The minimum atomic E-state index is -0.699. The topological polar surface area (TPSA) is 87.6 Å². The Kier molecular flexibility index (Phi) is 4.20. The quantitative estimate of drug-likeness (QED) is 0.446. The third-order valence-electron chi connectivity index (χ3n) is 1.77. The first kappa shape index (κ1) is 11.9. The first-order valence-electron chi connectivity index (χ1n) is 4.80. The zero-order chi connectivity index (χ0) is 12.0. The van der Waals surface area contributed by atoms with Crippen LogP contribution in [0.4, 0.5) is 0 Å². The van der Waals surface area contributed by atoms with E-state index in [1.165, 1.54) is 0 Å². The predicted octanol–water partition coefficient (Wildman–Crippen LogP) is 0.750. The van der Waals surface area contributed by atoms with E-state index in [4.69, 9.17) is 20.9 Å². The minimum absolute atomic E-state index is 0.147. The monoisotopic (exact) mass is 222 g/mol. The van der Waals surface area contributed by atoms with Crippen LogP contribution < -0.4 is 20.9 Å². The van der Waals surface area contributed by atoms with Gasteiger partial charge in [-0.3, -0.25) is 0 Å². The number of rotatable bonds is 4. The fraction of sp³-hybridized carbons (Fsp3) is 0.182. The van der Waals surface area contributed by atoms with E-state index < -0.39 is 5.97 Å². The number of ether oxygens (including phenoxy) is 2. The molecule has 1 rings (SSSR count). The molecule has 86 valence electrons. The molecule has 0 bridgehead atoms. The zero-order valence-corrected chi connectivity index (χ0v) is 8.97. The normalized spacial score (nSPS) is 10.9. The number of carbonyl (C=O) groups is 1. The fourth-order valence-electron chi connectivity index (χ4n) is 1.04. The molecule has 0 aromatic heterocycles. The van der Waals surface area contributed by atoms with Gasteiger partial charge in [-0.25, -0.2) is 4.79 Å². The van der Waals surface area contributed by atoms with E-state index in [2.05, 4.69) is 0 Å². The first-order valence-corrected chi connectivity index (χ1v) is 4.80. The lowest BCUT2D eigenvalue weighted by atomic mass is 10.3. The number of benzene rings is 1. The van der Waals surface area contributed by atoms with Gasteiger partial charge >= 0.3 is 5.97 Å². The van der Waals surface area contributed by atoms with Gasteiger partial charge in [0, 0.05) is 6.20 Å². The highest BCUT2D eigenvalue weighted by molar-refractivity contribution is 5.89. The molecule has 0 saturated heterocycles. The molecular weight excluding hydrogens is 208 g/mol. The molecule has 0 spiro atoms. The van der Waals surface area contributed by atoms with Crippen LogP contribution in [0.5, 0.6) is 11.5 Å². The largest absolute Gasteiger partial charge is 0.490 e. The van der Waals surface area contributed by atoms with Gasteiger partial charge in [0.2, 0.25) is 0 Å². The Morgan fingerprint density at radius 2 is 2.00 bits per heavy atom. The molecule has 5 heteroatoms. The van der Waals surface area contributed by atoms with Crippen molar-refractivity contribution >= 4 is 5.97 Å². The van der Waals surface area contributed by atoms with Crippen LogP contribution in [-0.4, -0.2) is 12.6 Å². The molecule has 0 unspecified atom stereocenters. The number of carbonyl (C=O) groups excluding carboxylic acids is 1. The summed E-state index contributed by atoms with van der Waals surface area (Å²) in [5.74, 6) is 0.108. The standard InChI is InChI=1S/C11H14N2O3/c1-2-15-9-5-3-4-6-10(9)16-11(14)8(13)7-12/h3-7H,2,12-13H2,1H3/b8-7-.